The van der Waals surface area contributed by atoms with Gasteiger partial charge in [-0.15, -0.1) is 0 Å². The van der Waals surface area contributed by atoms with Crippen molar-refractivity contribution >= 4 is 17.4 Å². The second-order valence-corrected chi connectivity index (χ2v) is 9.90. The number of ether oxygens (including phenoxy) is 2. The average Bonchev–Trinajstić information content (AvgIpc) is 3.08. The van der Waals surface area contributed by atoms with Gasteiger partial charge in [-0.25, -0.2) is 0 Å². The van der Waals surface area contributed by atoms with Gasteiger partial charge in [-0.3, -0.25) is 9.59 Å². The van der Waals surface area contributed by atoms with Gasteiger partial charge in [0.05, 0.1) is 24.8 Å². The SMILES string of the molecule is CCCCN1C(=O)C(=O)/C(=C(/O)c2ccc(OCC)c(C(C)(C)C)c2)C1c1ccc(O)c(OCC)c1. The lowest BCUT2D eigenvalue weighted by Crippen LogP contribution is -2.30. The van der Waals surface area contributed by atoms with Gasteiger partial charge in [-0.05, 0) is 61.6 Å². The lowest BCUT2D eigenvalue weighted by atomic mass is 9.84. The Labute approximate surface area is 213 Å². The molecule has 0 bridgehead atoms. The number of phenolic OH excluding ortho intramolecular Hbond substituents is 1. The van der Waals surface area contributed by atoms with E-state index in [1.807, 2.05) is 40.7 Å². The first kappa shape index (κ1) is 27.1. The molecule has 1 heterocycles. The summed E-state index contributed by atoms with van der Waals surface area (Å²) in [7, 11) is 0. The summed E-state index contributed by atoms with van der Waals surface area (Å²) in [6, 6.07) is 9.26. The fraction of sp³-hybridized carbons (Fsp3) is 0.448. The first-order valence-electron chi connectivity index (χ1n) is 12.6. The van der Waals surface area contributed by atoms with Gasteiger partial charge in [0, 0.05) is 17.7 Å². The molecule has 1 fully saturated rings. The molecule has 194 valence electrons. The molecule has 7 nitrogen and oxygen atoms in total. The summed E-state index contributed by atoms with van der Waals surface area (Å²) in [6.45, 7) is 13.1. The molecule has 1 amide bonds. The topological polar surface area (TPSA) is 96.3 Å². The van der Waals surface area contributed by atoms with Crippen LogP contribution in [0.5, 0.6) is 17.2 Å². The predicted molar refractivity (Wildman–Crippen MR) is 140 cm³/mol. The first-order valence-corrected chi connectivity index (χ1v) is 12.6. The highest BCUT2D eigenvalue weighted by Gasteiger charge is 2.46. The minimum atomic E-state index is -0.805. The molecule has 3 rings (SSSR count). The first-order chi connectivity index (χ1) is 17.0. The molecular weight excluding hydrogens is 458 g/mol. The zero-order valence-corrected chi connectivity index (χ0v) is 22.1. The van der Waals surface area contributed by atoms with Crippen molar-refractivity contribution in [3.05, 3.63) is 58.7 Å². The van der Waals surface area contributed by atoms with Crippen molar-refractivity contribution in [2.75, 3.05) is 19.8 Å². The van der Waals surface area contributed by atoms with Crippen LogP contribution in [0.1, 0.15) is 77.1 Å². The number of aliphatic hydroxyl groups is 1. The maximum atomic E-state index is 13.3. The van der Waals surface area contributed by atoms with E-state index in [-0.39, 0.29) is 28.2 Å². The molecule has 0 spiro atoms. The zero-order valence-electron chi connectivity index (χ0n) is 22.1. The summed E-state index contributed by atoms with van der Waals surface area (Å²) in [4.78, 5) is 27.9. The van der Waals surface area contributed by atoms with Gasteiger partial charge in [-0.1, -0.05) is 40.2 Å². The van der Waals surface area contributed by atoms with E-state index in [0.717, 1.165) is 12.0 Å². The number of hydrogen-bond acceptors (Lipinski definition) is 6. The maximum absolute atomic E-state index is 13.3. The van der Waals surface area contributed by atoms with Gasteiger partial charge in [0.15, 0.2) is 11.5 Å². The van der Waals surface area contributed by atoms with Crippen LogP contribution in [0.2, 0.25) is 0 Å². The Kier molecular flexibility index (Phi) is 8.33. The van der Waals surface area contributed by atoms with E-state index in [9.17, 15) is 19.8 Å². The van der Waals surface area contributed by atoms with E-state index in [0.29, 0.717) is 43.1 Å². The van der Waals surface area contributed by atoms with Gasteiger partial charge in [0.2, 0.25) is 0 Å². The quantitative estimate of drug-likeness (QED) is 0.263. The summed E-state index contributed by atoms with van der Waals surface area (Å²) in [5, 5.41) is 21.7. The molecule has 1 saturated heterocycles. The number of likely N-dealkylation sites (tertiary alicyclic amines) is 1. The van der Waals surface area contributed by atoms with Crippen LogP contribution in [0.3, 0.4) is 0 Å². The van der Waals surface area contributed by atoms with Crippen molar-refractivity contribution in [1.82, 2.24) is 4.90 Å². The summed E-state index contributed by atoms with van der Waals surface area (Å²) >= 11 is 0. The van der Waals surface area contributed by atoms with Gasteiger partial charge < -0.3 is 24.6 Å². The van der Waals surface area contributed by atoms with Crippen LogP contribution < -0.4 is 9.47 Å². The summed E-state index contributed by atoms with van der Waals surface area (Å²) in [5.41, 5.74) is 1.64. The number of carbonyl (C=O) groups is 2. The standard InChI is InChI=1S/C29H37NO6/c1-7-10-15-30-25(18-11-13-21(31)23(17-18)36-9-3)24(27(33)28(30)34)26(32)19-12-14-22(35-8-2)20(16-19)29(4,5)6/h11-14,16-17,25,31-32H,7-10,15H2,1-6H3/b26-24+. The molecule has 0 radical (unpaired) electrons. The highest BCUT2D eigenvalue weighted by Crippen LogP contribution is 2.43. The van der Waals surface area contributed by atoms with Crippen molar-refractivity contribution in [1.29, 1.82) is 0 Å². The molecule has 7 heteroatoms. The number of nitrogens with zero attached hydrogens (tertiary/aromatic N) is 1. The monoisotopic (exact) mass is 495 g/mol. The number of hydrogen-bond donors (Lipinski definition) is 2. The van der Waals surface area contributed by atoms with Gasteiger partial charge in [0.25, 0.3) is 11.7 Å². The molecule has 1 aliphatic rings. The van der Waals surface area contributed by atoms with E-state index in [4.69, 9.17) is 9.47 Å². The largest absolute Gasteiger partial charge is 0.507 e. The average molecular weight is 496 g/mol. The number of rotatable bonds is 9. The number of unbranched alkanes of at least 4 members (excludes halogenated alkanes) is 1. The Morgan fingerprint density at radius 3 is 2.25 bits per heavy atom. The molecule has 36 heavy (non-hydrogen) atoms. The molecule has 2 N–H and O–H groups in total. The number of ketones is 1. The van der Waals surface area contributed by atoms with E-state index >= 15 is 0 Å². The van der Waals surface area contributed by atoms with Crippen LogP contribution in [0.4, 0.5) is 0 Å². The smallest absolute Gasteiger partial charge is 0.295 e. The van der Waals surface area contributed by atoms with Crippen LogP contribution in [-0.2, 0) is 15.0 Å². The van der Waals surface area contributed by atoms with E-state index in [1.54, 1.807) is 31.2 Å². The minimum absolute atomic E-state index is 0.0215. The Morgan fingerprint density at radius 2 is 1.64 bits per heavy atom. The summed E-state index contributed by atoms with van der Waals surface area (Å²) in [5.74, 6) is -0.688. The lowest BCUT2D eigenvalue weighted by molar-refractivity contribution is -0.139. The molecular formula is C29H37NO6. The van der Waals surface area contributed by atoms with E-state index in [1.165, 1.54) is 11.0 Å². The van der Waals surface area contributed by atoms with E-state index in [2.05, 4.69) is 0 Å². The lowest BCUT2D eigenvalue weighted by Gasteiger charge is -2.26. The molecule has 2 aromatic carbocycles. The second kappa shape index (κ2) is 11.1. The fourth-order valence-electron chi connectivity index (χ4n) is 4.46. The second-order valence-electron chi connectivity index (χ2n) is 9.90. The van der Waals surface area contributed by atoms with Gasteiger partial charge >= 0.3 is 0 Å². The van der Waals surface area contributed by atoms with Crippen LogP contribution in [0, 0.1) is 0 Å². The van der Waals surface area contributed by atoms with Crippen molar-refractivity contribution in [3.8, 4) is 17.2 Å². The van der Waals surface area contributed by atoms with Crippen LogP contribution in [-0.4, -0.2) is 46.6 Å². The zero-order chi connectivity index (χ0) is 26.6. The Bertz CT molecular complexity index is 1160. The molecule has 1 atom stereocenters. The molecule has 1 unspecified atom stereocenters. The van der Waals surface area contributed by atoms with Gasteiger partial charge in [-0.2, -0.15) is 0 Å². The number of amides is 1. The highest BCUT2D eigenvalue weighted by atomic mass is 16.5. The van der Waals surface area contributed by atoms with E-state index < -0.39 is 17.7 Å². The molecule has 2 aromatic rings. The summed E-state index contributed by atoms with van der Waals surface area (Å²) in [6.07, 6.45) is 1.54. The number of aliphatic hydroxyl groups excluding tert-OH is 1. The molecule has 0 saturated carbocycles. The van der Waals surface area contributed by atoms with Crippen LogP contribution in [0.25, 0.3) is 5.76 Å². The predicted octanol–water partition coefficient (Wildman–Crippen LogP) is 5.71. The third-order valence-corrected chi connectivity index (χ3v) is 6.25. The normalized spacial score (nSPS) is 17.5. The fourth-order valence-corrected chi connectivity index (χ4v) is 4.46. The Balaban J connectivity index is 2.23. The number of benzene rings is 2. The third kappa shape index (κ3) is 5.35. The van der Waals surface area contributed by atoms with Crippen molar-refractivity contribution in [2.24, 2.45) is 0 Å². The van der Waals surface area contributed by atoms with Crippen LogP contribution in [0.15, 0.2) is 42.0 Å². The third-order valence-electron chi connectivity index (χ3n) is 6.25. The number of phenols is 1. The van der Waals surface area contributed by atoms with Crippen molar-refractivity contribution in [2.45, 2.75) is 65.8 Å². The number of Topliss-reactive ketones (excluding diaryl/α,β-unsaturated/α-hetero) is 1. The van der Waals surface area contributed by atoms with Crippen molar-refractivity contribution < 1.29 is 29.3 Å². The Hall–Kier alpha value is -3.48. The number of aromatic hydroxyl groups is 1. The number of carbonyl (C=O) groups excluding carboxylic acids is 2. The minimum Gasteiger partial charge on any atom is -0.507 e. The maximum Gasteiger partial charge on any atom is 0.295 e. The Morgan fingerprint density at radius 1 is 0.972 bits per heavy atom. The summed E-state index contributed by atoms with van der Waals surface area (Å²) < 4.78 is 11.3. The molecule has 0 aliphatic carbocycles. The van der Waals surface area contributed by atoms with Crippen molar-refractivity contribution in [3.63, 3.8) is 0 Å². The molecule has 1 aliphatic heterocycles. The van der Waals surface area contributed by atoms with Gasteiger partial charge in [0.1, 0.15) is 11.5 Å². The van der Waals surface area contributed by atoms with Crippen LogP contribution >= 0.6 is 0 Å². The highest BCUT2D eigenvalue weighted by molar-refractivity contribution is 6.46. The molecule has 0 aromatic heterocycles.